The molecular formula is C23H21F6N3O2S. The molecule has 1 amide bonds. The van der Waals surface area contributed by atoms with E-state index in [2.05, 4.69) is 15.6 Å². The number of carbonyl (C=O) groups excluding carboxylic acids is 1. The molecule has 1 fully saturated rings. The fraction of sp³-hybridized carbons (Fsp3) is 0.304. The number of nitrogens with one attached hydrogen (secondary N) is 2. The molecule has 0 aliphatic carbocycles. The Labute approximate surface area is 201 Å². The molecule has 5 nitrogen and oxygen atoms in total. The highest BCUT2D eigenvalue weighted by Crippen LogP contribution is 2.38. The van der Waals surface area contributed by atoms with Gasteiger partial charge in [-0.3, -0.25) is 9.79 Å². The minimum atomic E-state index is -4.99. The third-order valence-corrected chi connectivity index (χ3v) is 5.57. The van der Waals surface area contributed by atoms with Crippen molar-refractivity contribution in [3.8, 4) is 5.75 Å². The number of carbonyl (C=O) groups is 1. The van der Waals surface area contributed by atoms with Gasteiger partial charge in [-0.05, 0) is 61.5 Å². The highest BCUT2D eigenvalue weighted by molar-refractivity contribution is 8.18. The third-order valence-electron chi connectivity index (χ3n) is 4.75. The fourth-order valence-electron chi connectivity index (χ4n) is 3.23. The number of anilines is 1. The van der Waals surface area contributed by atoms with Crippen molar-refractivity contribution in [2.24, 2.45) is 4.99 Å². The molecule has 1 heterocycles. The maximum Gasteiger partial charge on any atom is 0.416 e. The minimum Gasteiger partial charge on any atom is -0.487 e. The monoisotopic (exact) mass is 517 g/mol. The number of amidine groups is 1. The summed E-state index contributed by atoms with van der Waals surface area (Å²) >= 11 is 0.973. The normalized spacial score (nSPS) is 16.8. The molecule has 1 aliphatic rings. The number of nitrogens with zero attached hydrogens (tertiary/aromatic N) is 1. The molecule has 0 radical (unpaired) electrons. The quantitative estimate of drug-likeness (QED) is 0.407. The number of amides is 1. The summed E-state index contributed by atoms with van der Waals surface area (Å²) < 4.78 is 84.7. The van der Waals surface area contributed by atoms with Crippen molar-refractivity contribution >= 4 is 34.6 Å². The smallest absolute Gasteiger partial charge is 0.416 e. The molecule has 35 heavy (non-hydrogen) atoms. The average Bonchev–Trinajstić information content (AvgIpc) is 3.10. The number of hydrogen-bond donors (Lipinski definition) is 2. The van der Waals surface area contributed by atoms with Gasteiger partial charge >= 0.3 is 12.4 Å². The lowest BCUT2D eigenvalue weighted by Crippen LogP contribution is -2.18. The highest BCUT2D eigenvalue weighted by Gasteiger charge is 2.38. The Morgan fingerprint density at radius 1 is 1.09 bits per heavy atom. The second kappa shape index (κ2) is 10.2. The van der Waals surface area contributed by atoms with Gasteiger partial charge in [-0.15, -0.1) is 0 Å². The van der Waals surface area contributed by atoms with Crippen molar-refractivity contribution in [2.45, 2.75) is 38.8 Å². The van der Waals surface area contributed by atoms with E-state index < -0.39 is 35.6 Å². The van der Waals surface area contributed by atoms with Crippen LogP contribution in [-0.4, -0.2) is 24.2 Å². The predicted molar refractivity (Wildman–Crippen MR) is 123 cm³/mol. The highest BCUT2D eigenvalue weighted by atomic mass is 32.2. The number of hydrogen-bond acceptors (Lipinski definition) is 5. The SMILES string of the molecule is CN=C1NC(=O)S/C1=C\c1ccc(OCc2ccc(C(F)(F)F)cc2C(F)(F)F)c(NC(C)C)c1. The van der Waals surface area contributed by atoms with Crippen LogP contribution in [0.5, 0.6) is 5.75 Å². The predicted octanol–water partition coefficient (Wildman–Crippen LogP) is 6.95. The van der Waals surface area contributed by atoms with Crippen LogP contribution in [0.1, 0.15) is 36.1 Å². The van der Waals surface area contributed by atoms with Crippen molar-refractivity contribution < 1.29 is 35.9 Å². The van der Waals surface area contributed by atoms with E-state index in [1.807, 2.05) is 13.8 Å². The molecule has 0 saturated carbocycles. The maximum atomic E-state index is 13.4. The molecule has 1 saturated heterocycles. The molecule has 2 aromatic rings. The lowest BCUT2D eigenvalue weighted by Gasteiger charge is -2.19. The number of thioether (sulfide) groups is 1. The van der Waals surface area contributed by atoms with Gasteiger partial charge in [-0.2, -0.15) is 26.3 Å². The van der Waals surface area contributed by atoms with Crippen LogP contribution in [0.2, 0.25) is 0 Å². The van der Waals surface area contributed by atoms with Crippen molar-refractivity contribution in [1.29, 1.82) is 0 Å². The van der Waals surface area contributed by atoms with E-state index >= 15 is 0 Å². The standard InChI is InChI=1S/C23H21F6N3O2S/c1-12(2)31-17-8-13(9-19-20(30-3)32-21(33)35-19)4-7-18(17)34-11-14-5-6-15(22(24,25)26)10-16(14)23(27,28)29/h4-10,12,31H,11H2,1-3H3,(H,30,32,33)/b19-9-. The van der Waals surface area contributed by atoms with Crippen molar-refractivity contribution in [3.63, 3.8) is 0 Å². The van der Waals surface area contributed by atoms with E-state index in [1.54, 1.807) is 18.2 Å². The van der Waals surface area contributed by atoms with Crippen LogP contribution in [0.15, 0.2) is 46.3 Å². The minimum absolute atomic E-state index is 0.0612. The molecule has 0 spiro atoms. The van der Waals surface area contributed by atoms with Crippen LogP contribution < -0.4 is 15.4 Å². The molecule has 2 aromatic carbocycles. The molecular weight excluding hydrogens is 496 g/mol. The van der Waals surface area contributed by atoms with E-state index in [4.69, 9.17) is 4.74 Å². The van der Waals surface area contributed by atoms with E-state index in [0.29, 0.717) is 28.1 Å². The Balaban J connectivity index is 1.91. The lowest BCUT2D eigenvalue weighted by molar-refractivity contribution is -0.143. The molecule has 1 aliphatic heterocycles. The van der Waals surface area contributed by atoms with E-state index in [-0.39, 0.29) is 23.1 Å². The first-order valence-corrected chi connectivity index (χ1v) is 11.1. The molecule has 0 aromatic heterocycles. The third kappa shape index (κ3) is 6.71. The van der Waals surface area contributed by atoms with E-state index in [0.717, 1.165) is 17.8 Å². The summed E-state index contributed by atoms with van der Waals surface area (Å²) in [6, 6.07) is 6.26. The summed E-state index contributed by atoms with van der Waals surface area (Å²) in [4.78, 5) is 16.2. The van der Waals surface area contributed by atoms with Crippen molar-refractivity contribution in [3.05, 3.63) is 63.6 Å². The summed E-state index contributed by atoms with van der Waals surface area (Å²) in [7, 11) is 1.54. The molecule has 0 unspecified atom stereocenters. The lowest BCUT2D eigenvalue weighted by atomic mass is 10.0. The van der Waals surface area contributed by atoms with Crippen LogP contribution in [0, 0.1) is 0 Å². The summed E-state index contributed by atoms with van der Waals surface area (Å²) in [6.07, 6.45) is -8.17. The molecule has 12 heteroatoms. The number of rotatable bonds is 6. The Kier molecular flexibility index (Phi) is 7.73. The van der Waals surface area contributed by atoms with Gasteiger partial charge in [-0.1, -0.05) is 12.1 Å². The van der Waals surface area contributed by atoms with Crippen LogP contribution in [0.4, 0.5) is 36.8 Å². The average molecular weight is 517 g/mol. The van der Waals surface area contributed by atoms with Gasteiger partial charge in [0.25, 0.3) is 5.24 Å². The van der Waals surface area contributed by atoms with Gasteiger partial charge in [0.1, 0.15) is 18.2 Å². The van der Waals surface area contributed by atoms with Gasteiger partial charge in [0, 0.05) is 18.7 Å². The fourth-order valence-corrected chi connectivity index (χ4v) is 4.01. The molecule has 0 bridgehead atoms. The van der Waals surface area contributed by atoms with Crippen molar-refractivity contribution in [2.75, 3.05) is 12.4 Å². The Morgan fingerprint density at radius 3 is 2.40 bits per heavy atom. The largest absolute Gasteiger partial charge is 0.487 e. The maximum absolute atomic E-state index is 13.4. The summed E-state index contributed by atoms with van der Waals surface area (Å²) in [5, 5.41) is 5.47. The number of alkyl halides is 6. The second-order valence-corrected chi connectivity index (χ2v) is 8.82. The van der Waals surface area contributed by atoms with Crippen LogP contribution in [-0.2, 0) is 19.0 Å². The van der Waals surface area contributed by atoms with E-state index in [1.165, 1.54) is 13.1 Å². The van der Waals surface area contributed by atoms with Gasteiger partial charge in [0.05, 0.1) is 21.7 Å². The first-order valence-electron chi connectivity index (χ1n) is 10.3. The Morgan fingerprint density at radius 2 is 1.80 bits per heavy atom. The van der Waals surface area contributed by atoms with Crippen LogP contribution in [0.3, 0.4) is 0 Å². The zero-order valence-electron chi connectivity index (χ0n) is 18.8. The van der Waals surface area contributed by atoms with Gasteiger partial charge in [0.2, 0.25) is 0 Å². The second-order valence-electron chi connectivity index (χ2n) is 7.81. The van der Waals surface area contributed by atoms with Crippen LogP contribution in [0.25, 0.3) is 6.08 Å². The first kappa shape index (κ1) is 26.5. The van der Waals surface area contributed by atoms with Crippen molar-refractivity contribution in [1.82, 2.24) is 5.32 Å². The number of aliphatic imine (C=N–C) groups is 1. The topological polar surface area (TPSA) is 62.7 Å². The molecule has 3 rings (SSSR count). The molecule has 188 valence electrons. The molecule has 0 atom stereocenters. The van der Waals surface area contributed by atoms with E-state index in [9.17, 15) is 31.1 Å². The zero-order chi connectivity index (χ0) is 26.0. The van der Waals surface area contributed by atoms with Gasteiger partial charge < -0.3 is 15.4 Å². The molecule has 2 N–H and O–H groups in total. The van der Waals surface area contributed by atoms with Crippen LogP contribution >= 0.6 is 11.8 Å². The number of ether oxygens (including phenoxy) is 1. The number of benzene rings is 2. The first-order chi connectivity index (χ1) is 16.3. The Bertz CT molecular complexity index is 1170. The summed E-state index contributed by atoms with van der Waals surface area (Å²) in [5.74, 6) is 0.632. The summed E-state index contributed by atoms with van der Waals surface area (Å²) in [5.41, 5.74) is -2.09. The number of halogens is 6. The Hall–Kier alpha value is -3.15. The van der Waals surface area contributed by atoms with Gasteiger partial charge in [0.15, 0.2) is 0 Å². The van der Waals surface area contributed by atoms with Gasteiger partial charge in [-0.25, -0.2) is 0 Å². The summed E-state index contributed by atoms with van der Waals surface area (Å²) in [6.45, 7) is 3.11. The zero-order valence-corrected chi connectivity index (χ0v) is 19.6.